The van der Waals surface area contributed by atoms with Crippen molar-refractivity contribution >= 4 is 22.4 Å². The Hall–Kier alpha value is -1.88. The summed E-state index contributed by atoms with van der Waals surface area (Å²) >= 11 is 1.65. The van der Waals surface area contributed by atoms with Crippen molar-refractivity contribution < 1.29 is 4.74 Å². The first kappa shape index (κ1) is 9.35. The van der Waals surface area contributed by atoms with Crippen LogP contribution in [0.1, 0.15) is 5.56 Å². The maximum atomic E-state index is 5.49. The van der Waals surface area contributed by atoms with Crippen LogP contribution in [0.4, 0.5) is 0 Å². The number of hydrogen-bond donors (Lipinski definition) is 1. The van der Waals surface area contributed by atoms with E-state index in [0.717, 1.165) is 16.6 Å². The molecule has 0 aromatic carbocycles. The smallest absolute Gasteiger partial charge is 0.318 e. The van der Waals surface area contributed by atoms with Crippen molar-refractivity contribution in [1.82, 2.24) is 15.0 Å². The lowest BCUT2D eigenvalue weighted by Crippen LogP contribution is -1.98. The van der Waals surface area contributed by atoms with Gasteiger partial charge in [0, 0.05) is 23.3 Å². The average Bonchev–Trinajstić information content (AvgIpc) is 2.97. The maximum absolute atomic E-state index is 5.49. The maximum Gasteiger partial charge on any atom is 0.318 e. The first-order valence-corrected chi connectivity index (χ1v) is 5.80. The molecule has 80 valence electrons. The van der Waals surface area contributed by atoms with Crippen molar-refractivity contribution in [3.63, 3.8) is 0 Å². The van der Waals surface area contributed by atoms with Gasteiger partial charge >= 0.3 is 6.01 Å². The molecule has 0 bridgehead atoms. The largest absolute Gasteiger partial charge is 0.459 e. The summed E-state index contributed by atoms with van der Waals surface area (Å²) in [6.07, 6.45) is 3.59. The number of ether oxygens (including phenoxy) is 1. The van der Waals surface area contributed by atoms with Crippen LogP contribution in [0.15, 0.2) is 35.3 Å². The molecular formula is C11H9N3OS. The second kappa shape index (κ2) is 3.94. The minimum absolute atomic E-state index is 0.404. The van der Waals surface area contributed by atoms with Crippen LogP contribution < -0.4 is 4.74 Å². The highest BCUT2D eigenvalue weighted by atomic mass is 32.1. The van der Waals surface area contributed by atoms with Gasteiger partial charge in [0.15, 0.2) is 0 Å². The van der Waals surface area contributed by atoms with E-state index < -0.39 is 0 Å². The van der Waals surface area contributed by atoms with Gasteiger partial charge in [0.1, 0.15) is 12.3 Å². The van der Waals surface area contributed by atoms with E-state index >= 15 is 0 Å². The Morgan fingerprint density at radius 3 is 3.25 bits per heavy atom. The van der Waals surface area contributed by atoms with E-state index in [1.165, 1.54) is 0 Å². The number of rotatable bonds is 3. The molecule has 3 heterocycles. The van der Waals surface area contributed by atoms with E-state index in [2.05, 4.69) is 15.0 Å². The summed E-state index contributed by atoms with van der Waals surface area (Å²) in [5.41, 5.74) is 1.94. The molecule has 3 aromatic heterocycles. The third kappa shape index (κ3) is 1.77. The molecule has 0 radical (unpaired) electrons. The van der Waals surface area contributed by atoms with Crippen molar-refractivity contribution in [3.05, 3.63) is 40.8 Å². The van der Waals surface area contributed by atoms with Crippen LogP contribution in [0, 0.1) is 0 Å². The quantitative estimate of drug-likeness (QED) is 0.753. The van der Waals surface area contributed by atoms with Gasteiger partial charge < -0.3 is 9.72 Å². The van der Waals surface area contributed by atoms with E-state index in [4.69, 9.17) is 4.74 Å². The molecule has 4 nitrogen and oxygen atoms in total. The van der Waals surface area contributed by atoms with Gasteiger partial charge in [-0.15, -0.1) is 0 Å². The highest BCUT2D eigenvalue weighted by molar-refractivity contribution is 7.07. The Labute approximate surface area is 95.9 Å². The number of H-pyrrole nitrogens is 1. The summed E-state index contributed by atoms with van der Waals surface area (Å²) in [7, 11) is 0. The molecule has 5 heteroatoms. The zero-order chi connectivity index (χ0) is 10.8. The SMILES string of the molecule is c1cc2cnc(OCc3ccsc3)nc2[nH]1. The summed E-state index contributed by atoms with van der Waals surface area (Å²) in [6, 6.07) is 4.36. The Balaban J connectivity index is 1.78. The van der Waals surface area contributed by atoms with Crippen molar-refractivity contribution in [2.75, 3.05) is 0 Å². The van der Waals surface area contributed by atoms with Gasteiger partial charge in [-0.1, -0.05) is 0 Å². The number of hydrogen-bond acceptors (Lipinski definition) is 4. The van der Waals surface area contributed by atoms with Crippen LogP contribution >= 0.6 is 11.3 Å². The molecule has 0 saturated carbocycles. The fourth-order valence-electron chi connectivity index (χ4n) is 1.42. The van der Waals surface area contributed by atoms with Crippen LogP contribution in [0.5, 0.6) is 6.01 Å². The number of fused-ring (bicyclic) bond motifs is 1. The molecule has 0 aliphatic rings. The summed E-state index contributed by atoms with van der Waals surface area (Å²) in [4.78, 5) is 11.4. The topological polar surface area (TPSA) is 50.8 Å². The minimum atomic E-state index is 0.404. The first-order valence-electron chi connectivity index (χ1n) is 4.86. The predicted octanol–water partition coefficient (Wildman–Crippen LogP) is 2.60. The van der Waals surface area contributed by atoms with E-state index in [9.17, 15) is 0 Å². The van der Waals surface area contributed by atoms with Crippen molar-refractivity contribution in [3.8, 4) is 6.01 Å². The predicted molar refractivity (Wildman–Crippen MR) is 62.5 cm³/mol. The molecule has 0 fully saturated rings. The number of thiophene rings is 1. The van der Waals surface area contributed by atoms with E-state index in [-0.39, 0.29) is 0 Å². The highest BCUT2D eigenvalue weighted by Crippen LogP contribution is 2.13. The van der Waals surface area contributed by atoms with Crippen molar-refractivity contribution in [2.45, 2.75) is 6.61 Å². The average molecular weight is 231 g/mol. The summed E-state index contributed by atoms with van der Waals surface area (Å²) in [5.74, 6) is 0. The van der Waals surface area contributed by atoms with Gasteiger partial charge in [-0.25, -0.2) is 4.98 Å². The Morgan fingerprint density at radius 1 is 1.38 bits per heavy atom. The fraction of sp³-hybridized carbons (Fsp3) is 0.0909. The second-order valence-electron chi connectivity index (χ2n) is 3.35. The minimum Gasteiger partial charge on any atom is -0.459 e. The van der Waals surface area contributed by atoms with Gasteiger partial charge in [-0.3, -0.25) is 0 Å². The van der Waals surface area contributed by atoms with Gasteiger partial charge in [0.2, 0.25) is 0 Å². The van der Waals surface area contributed by atoms with Crippen LogP contribution in [0.3, 0.4) is 0 Å². The van der Waals surface area contributed by atoms with Crippen LogP contribution in [0.25, 0.3) is 11.0 Å². The number of aromatic amines is 1. The molecule has 16 heavy (non-hydrogen) atoms. The Kier molecular flexibility index (Phi) is 2.30. The van der Waals surface area contributed by atoms with Gasteiger partial charge in [-0.2, -0.15) is 16.3 Å². The Bertz CT molecular complexity index is 588. The third-order valence-electron chi connectivity index (χ3n) is 2.23. The van der Waals surface area contributed by atoms with Crippen LogP contribution in [0.2, 0.25) is 0 Å². The van der Waals surface area contributed by atoms with Crippen LogP contribution in [-0.2, 0) is 6.61 Å². The summed E-state index contributed by atoms with van der Waals surface area (Å²) < 4.78 is 5.49. The number of nitrogens with zero attached hydrogens (tertiary/aromatic N) is 2. The third-order valence-corrected chi connectivity index (χ3v) is 2.96. The lowest BCUT2D eigenvalue weighted by atomic mass is 10.4. The molecule has 0 unspecified atom stereocenters. The summed E-state index contributed by atoms with van der Waals surface area (Å²) in [5, 5.41) is 5.06. The molecule has 3 aromatic rings. The van der Waals surface area contributed by atoms with E-state index in [1.807, 2.05) is 29.1 Å². The lowest BCUT2D eigenvalue weighted by Gasteiger charge is -2.01. The second-order valence-corrected chi connectivity index (χ2v) is 4.13. The van der Waals surface area contributed by atoms with E-state index in [1.54, 1.807) is 17.5 Å². The fourth-order valence-corrected chi connectivity index (χ4v) is 2.07. The van der Waals surface area contributed by atoms with Crippen LogP contribution in [-0.4, -0.2) is 15.0 Å². The molecule has 0 aliphatic heterocycles. The molecular weight excluding hydrogens is 222 g/mol. The standard InChI is InChI=1S/C11H9N3OS/c1-3-12-10-9(1)5-13-11(14-10)15-6-8-2-4-16-7-8/h1-5,7H,6H2,(H,12,13,14). The first-order chi connectivity index (χ1) is 7.92. The van der Waals surface area contributed by atoms with Gasteiger partial charge in [0.05, 0.1) is 0 Å². The highest BCUT2D eigenvalue weighted by Gasteiger charge is 2.02. The van der Waals surface area contributed by atoms with E-state index in [0.29, 0.717) is 12.6 Å². The molecule has 0 spiro atoms. The molecule has 3 rings (SSSR count). The number of aromatic nitrogens is 3. The number of nitrogens with one attached hydrogen (secondary N) is 1. The Morgan fingerprint density at radius 2 is 2.38 bits per heavy atom. The van der Waals surface area contributed by atoms with Crippen molar-refractivity contribution in [2.24, 2.45) is 0 Å². The van der Waals surface area contributed by atoms with Crippen molar-refractivity contribution in [1.29, 1.82) is 0 Å². The summed E-state index contributed by atoms with van der Waals surface area (Å²) in [6.45, 7) is 0.510. The van der Waals surface area contributed by atoms with Gasteiger partial charge in [-0.05, 0) is 22.9 Å². The lowest BCUT2D eigenvalue weighted by molar-refractivity contribution is 0.282. The molecule has 0 atom stereocenters. The molecule has 0 saturated heterocycles. The zero-order valence-corrected chi connectivity index (χ0v) is 9.20. The molecule has 0 aliphatic carbocycles. The monoisotopic (exact) mass is 231 g/mol. The molecule has 1 N–H and O–H groups in total. The zero-order valence-electron chi connectivity index (χ0n) is 8.38. The normalized spacial score (nSPS) is 10.8. The van der Waals surface area contributed by atoms with Gasteiger partial charge in [0.25, 0.3) is 0 Å². The molecule has 0 amide bonds.